The van der Waals surface area contributed by atoms with E-state index >= 15 is 0 Å². The third kappa shape index (κ3) is 3.62. The summed E-state index contributed by atoms with van der Waals surface area (Å²) < 4.78 is 26.3. The molecule has 0 aromatic heterocycles. The highest BCUT2D eigenvalue weighted by Crippen LogP contribution is 2.24. The van der Waals surface area contributed by atoms with E-state index in [9.17, 15) is 13.2 Å². The number of carbonyl (C=O) groups is 1. The molecule has 0 fully saturated rings. The molecule has 2 rings (SSSR count). The maximum Gasteiger partial charge on any atom is 0.264 e. The molecule has 0 unspecified atom stereocenters. The van der Waals surface area contributed by atoms with E-state index in [0.29, 0.717) is 5.69 Å². The fourth-order valence-corrected chi connectivity index (χ4v) is 3.49. The minimum absolute atomic E-state index is 0.114. The van der Waals surface area contributed by atoms with Crippen LogP contribution < -0.4 is 4.31 Å². The van der Waals surface area contributed by atoms with E-state index in [0.717, 1.165) is 9.87 Å². The Morgan fingerprint density at radius 3 is 2.14 bits per heavy atom. The molecule has 0 atom stereocenters. The molecule has 110 valence electrons. The first-order valence-electron chi connectivity index (χ1n) is 6.24. The highest BCUT2D eigenvalue weighted by atomic mass is 35.5. The molecular weight excluding hydrogens is 310 g/mol. The number of sulfonamides is 1. The summed E-state index contributed by atoms with van der Waals surface area (Å²) in [6, 6.07) is 14.8. The van der Waals surface area contributed by atoms with Crippen molar-refractivity contribution in [1.29, 1.82) is 0 Å². The molecule has 0 spiro atoms. The van der Waals surface area contributed by atoms with Crippen LogP contribution in [0.3, 0.4) is 0 Å². The summed E-state index contributed by atoms with van der Waals surface area (Å²) in [5.41, 5.74) is 1.39. The lowest BCUT2D eigenvalue weighted by atomic mass is 10.2. The van der Waals surface area contributed by atoms with Gasteiger partial charge in [0.25, 0.3) is 10.0 Å². The molecule has 0 saturated carbocycles. The van der Waals surface area contributed by atoms with Crippen LogP contribution in [0, 0.1) is 6.92 Å². The average Bonchev–Trinajstić information content (AvgIpc) is 2.46. The van der Waals surface area contributed by atoms with Crippen molar-refractivity contribution in [3.8, 4) is 0 Å². The van der Waals surface area contributed by atoms with E-state index in [1.165, 1.54) is 12.1 Å². The van der Waals surface area contributed by atoms with Crippen molar-refractivity contribution in [3.63, 3.8) is 0 Å². The van der Waals surface area contributed by atoms with E-state index in [1.54, 1.807) is 42.5 Å². The third-order valence-electron chi connectivity index (χ3n) is 2.92. The number of rotatable bonds is 5. The van der Waals surface area contributed by atoms with Gasteiger partial charge in [0.2, 0.25) is 5.24 Å². The first-order chi connectivity index (χ1) is 9.91. The zero-order valence-corrected chi connectivity index (χ0v) is 12.9. The second-order valence-electron chi connectivity index (χ2n) is 4.52. The summed E-state index contributed by atoms with van der Waals surface area (Å²) in [6.07, 6.45) is 0. The van der Waals surface area contributed by atoms with Gasteiger partial charge in [0, 0.05) is 0 Å². The van der Waals surface area contributed by atoms with Crippen molar-refractivity contribution in [1.82, 2.24) is 0 Å². The molecule has 21 heavy (non-hydrogen) atoms. The van der Waals surface area contributed by atoms with Gasteiger partial charge in [0.15, 0.2) is 0 Å². The highest BCUT2D eigenvalue weighted by Gasteiger charge is 2.26. The molecule has 4 nitrogen and oxygen atoms in total. The summed E-state index contributed by atoms with van der Waals surface area (Å²) in [5, 5.41) is -0.741. The number of nitrogens with zero attached hydrogens (tertiary/aromatic N) is 1. The molecule has 0 heterocycles. The fourth-order valence-electron chi connectivity index (χ4n) is 1.86. The molecule has 0 aliphatic rings. The largest absolute Gasteiger partial charge is 0.279 e. The van der Waals surface area contributed by atoms with Gasteiger partial charge in [-0.05, 0) is 42.8 Å². The van der Waals surface area contributed by atoms with Crippen molar-refractivity contribution in [3.05, 3.63) is 60.2 Å². The van der Waals surface area contributed by atoms with E-state index in [2.05, 4.69) is 0 Å². The predicted molar refractivity (Wildman–Crippen MR) is 83.0 cm³/mol. The second kappa shape index (κ2) is 6.28. The van der Waals surface area contributed by atoms with Crippen LogP contribution in [0.4, 0.5) is 5.69 Å². The Labute approximate surface area is 129 Å². The Kier molecular flexibility index (Phi) is 4.65. The van der Waals surface area contributed by atoms with Gasteiger partial charge >= 0.3 is 0 Å². The van der Waals surface area contributed by atoms with Gasteiger partial charge in [0.05, 0.1) is 10.6 Å². The number of aryl methyl sites for hydroxylation is 1. The van der Waals surface area contributed by atoms with Crippen molar-refractivity contribution >= 4 is 32.6 Å². The van der Waals surface area contributed by atoms with Crippen LogP contribution in [0.25, 0.3) is 0 Å². The molecule has 0 radical (unpaired) electrons. The van der Waals surface area contributed by atoms with E-state index in [-0.39, 0.29) is 4.90 Å². The molecule has 0 bridgehead atoms. The maximum atomic E-state index is 12.7. The topological polar surface area (TPSA) is 54.5 Å². The summed E-state index contributed by atoms with van der Waals surface area (Å²) in [5.74, 6) is 0. The lowest BCUT2D eigenvalue weighted by Crippen LogP contribution is -2.34. The van der Waals surface area contributed by atoms with Crippen LogP contribution >= 0.6 is 11.6 Å². The number of benzene rings is 2. The maximum absolute atomic E-state index is 12.7. The van der Waals surface area contributed by atoms with Gasteiger partial charge in [-0.15, -0.1) is 0 Å². The number of anilines is 1. The Hall–Kier alpha value is -1.85. The normalized spacial score (nSPS) is 11.1. The van der Waals surface area contributed by atoms with Gasteiger partial charge in [0.1, 0.15) is 6.54 Å². The van der Waals surface area contributed by atoms with Crippen molar-refractivity contribution < 1.29 is 13.2 Å². The Morgan fingerprint density at radius 1 is 1.05 bits per heavy atom. The first kappa shape index (κ1) is 15.5. The number of halogens is 1. The Bertz CT molecular complexity index is 727. The zero-order chi connectivity index (χ0) is 15.5. The molecule has 0 aliphatic carbocycles. The summed E-state index contributed by atoms with van der Waals surface area (Å²) in [6.45, 7) is 1.48. The lowest BCUT2D eigenvalue weighted by Gasteiger charge is -2.23. The Balaban J connectivity index is 2.50. The van der Waals surface area contributed by atoms with E-state index in [1.807, 2.05) is 6.92 Å². The smallest absolute Gasteiger partial charge is 0.264 e. The van der Waals surface area contributed by atoms with Gasteiger partial charge in [-0.3, -0.25) is 9.10 Å². The van der Waals surface area contributed by atoms with E-state index < -0.39 is 21.8 Å². The number of carbonyl (C=O) groups excluding carboxylic acids is 1. The van der Waals surface area contributed by atoms with Crippen LogP contribution in [0.1, 0.15) is 5.56 Å². The lowest BCUT2D eigenvalue weighted by molar-refractivity contribution is -0.110. The molecular formula is C15H14ClNO3S. The third-order valence-corrected chi connectivity index (χ3v) is 4.83. The van der Waals surface area contributed by atoms with Crippen LogP contribution in [0.5, 0.6) is 0 Å². The van der Waals surface area contributed by atoms with Crippen molar-refractivity contribution in [2.45, 2.75) is 11.8 Å². The van der Waals surface area contributed by atoms with Crippen molar-refractivity contribution in [2.24, 2.45) is 0 Å². The van der Waals surface area contributed by atoms with Crippen molar-refractivity contribution in [2.75, 3.05) is 10.8 Å². The standard InChI is InChI=1S/C15H14ClNO3S/c1-12-7-9-13(10-8-12)17(11-15(16)18)21(19,20)14-5-3-2-4-6-14/h2-10H,11H2,1H3. The minimum atomic E-state index is -3.83. The molecule has 0 N–H and O–H groups in total. The summed E-state index contributed by atoms with van der Waals surface area (Å²) >= 11 is 5.40. The highest BCUT2D eigenvalue weighted by molar-refractivity contribution is 7.92. The SMILES string of the molecule is Cc1ccc(N(CC(=O)Cl)S(=O)(=O)c2ccccc2)cc1. The molecule has 0 aliphatic heterocycles. The van der Waals surface area contributed by atoms with Gasteiger partial charge < -0.3 is 0 Å². The van der Waals surface area contributed by atoms with Crippen LogP contribution in [0.2, 0.25) is 0 Å². The van der Waals surface area contributed by atoms with Gasteiger partial charge in [-0.1, -0.05) is 35.9 Å². The monoisotopic (exact) mass is 323 g/mol. The second-order valence-corrected chi connectivity index (χ2v) is 6.80. The summed E-state index contributed by atoms with van der Waals surface area (Å²) in [7, 11) is -3.83. The van der Waals surface area contributed by atoms with Gasteiger partial charge in [-0.25, -0.2) is 8.42 Å². The molecule has 0 amide bonds. The minimum Gasteiger partial charge on any atom is -0.279 e. The molecule has 0 saturated heterocycles. The predicted octanol–water partition coefficient (Wildman–Crippen LogP) is 2.96. The van der Waals surface area contributed by atoms with Crippen LogP contribution in [-0.4, -0.2) is 20.2 Å². The number of hydrogen-bond donors (Lipinski definition) is 0. The first-order valence-corrected chi connectivity index (χ1v) is 8.06. The Morgan fingerprint density at radius 2 is 1.62 bits per heavy atom. The molecule has 6 heteroatoms. The quantitative estimate of drug-likeness (QED) is 0.795. The molecule has 2 aromatic carbocycles. The number of hydrogen-bond acceptors (Lipinski definition) is 3. The van der Waals surface area contributed by atoms with Gasteiger partial charge in [-0.2, -0.15) is 0 Å². The fraction of sp³-hybridized carbons (Fsp3) is 0.133. The van der Waals surface area contributed by atoms with Crippen LogP contribution in [0.15, 0.2) is 59.5 Å². The average molecular weight is 324 g/mol. The van der Waals surface area contributed by atoms with Crippen LogP contribution in [-0.2, 0) is 14.8 Å². The zero-order valence-electron chi connectivity index (χ0n) is 11.4. The van der Waals surface area contributed by atoms with E-state index in [4.69, 9.17) is 11.6 Å². The molecule has 2 aromatic rings. The summed E-state index contributed by atoms with van der Waals surface area (Å²) in [4.78, 5) is 11.3.